The number of piperidine rings is 1. The molecular weight excluding hydrogens is 445 g/mol. The molecule has 0 bridgehead atoms. The number of aryl methyl sites for hydroxylation is 1. The van der Waals surface area contributed by atoms with Gasteiger partial charge in [-0.25, -0.2) is 9.98 Å². The highest BCUT2D eigenvalue weighted by Crippen LogP contribution is 2.14. The minimum atomic E-state index is 0. The van der Waals surface area contributed by atoms with Crippen LogP contribution in [0.15, 0.2) is 23.3 Å². The van der Waals surface area contributed by atoms with E-state index >= 15 is 0 Å². The van der Waals surface area contributed by atoms with Gasteiger partial charge in [0.1, 0.15) is 5.01 Å². The van der Waals surface area contributed by atoms with Crippen molar-refractivity contribution >= 4 is 41.3 Å². The zero-order valence-electron chi connectivity index (χ0n) is 15.7. The quantitative estimate of drug-likeness (QED) is 0.274. The number of likely N-dealkylation sites (tertiary alicyclic amines) is 1. The van der Waals surface area contributed by atoms with Gasteiger partial charge in [0.05, 0.1) is 6.54 Å². The summed E-state index contributed by atoms with van der Waals surface area (Å²) in [6.45, 7) is 15.2. The molecule has 0 saturated carbocycles. The van der Waals surface area contributed by atoms with E-state index in [1.54, 1.807) is 11.3 Å². The molecule has 1 aromatic rings. The van der Waals surface area contributed by atoms with Crippen molar-refractivity contribution in [3.8, 4) is 0 Å². The molecule has 0 amide bonds. The number of hydrogen-bond donors (Lipinski definition) is 2. The molecule has 2 heterocycles. The Morgan fingerprint density at radius 2 is 2.12 bits per heavy atom. The van der Waals surface area contributed by atoms with Gasteiger partial charge in [-0.1, -0.05) is 19.1 Å². The first kappa shape index (κ1) is 22.4. The summed E-state index contributed by atoms with van der Waals surface area (Å²) in [5.74, 6) is 0.907. The number of nitrogens with one attached hydrogen (secondary N) is 2. The third kappa shape index (κ3) is 8.04. The molecule has 0 atom stereocenters. The topological polar surface area (TPSA) is 52.5 Å². The van der Waals surface area contributed by atoms with Crippen LogP contribution in [0.4, 0.5) is 0 Å². The lowest BCUT2D eigenvalue weighted by molar-refractivity contribution is 0.221. The van der Waals surface area contributed by atoms with Crippen molar-refractivity contribution in [1.29, 1.82) is 0 Å². The van der Waals surface area contributed by atoms with Crippen LogP contribution in [0.5, 0.6) is 0 Å². The van der Waals surface area contributed by atoms with Gasteiger partial charge in [-0.3, -0.25) is 4.90 Å². The van der Waals surface area contributed by atoms with Crippen LogP contribution in [0.2, 0.25) is 0 Å². The molecule has 5 nitrogen and oxygen atoms in total. The van der Waals surface area contributed by atoms with Gasteiger partial charge in [0.25, 0.3) is 0 Å². The largest absolute Gasteiger partial charge is 0.357 e. The van der Waals surface area contributed by atoms with Crippen LogP contribution in [0.1, 0.15) is 43.5 Å². The lowest BCUT2D eigenvalue weighted by Crippen LogP contribution is -2.48. The zero-order chi connectivity index (χ0) is 17.4. The molecule has 1 aliphatic heterocycles. The number of aliphatic imine (C=N–C) groups is 1. The highest BCUT2D eigenvalue weighted by Gasteiger charge is 2.19. The lowest BCUT2D eigenvalue weighted by atomic mass is 10.0. The predicted octanol–water partition coefficient (Wildman–Crippen LogP) is 3.42. The first-order chi connectivity index (χ1) is 11.6. The van der Waals surface area contributed by atoms with Crippen LogP contribution < -0.4 is 10.6 Å². The number of hydrogen-bond acceptors (Lipinski definition) is 4. The summed E-state index contributed by atoms with van der Waals surface area (Å²) in [7, 11) is 0. The van der Waals surface area contributed by atoms with Crippen molar-refractivity contribution < 1.29 is 0 Å². The molecule has 1 fully saturated rings. The van der Waals surface area contributed by atoms with Crippen molar-refractivity contribution in [2.75, 3.05) is 26.2 Å². The Hall–Kier alpha value is -0.670. The molecule has 142 valence electrons. The predicted molar refractivity (Wildman–Crippen MR) is 119 cm³/mol. The third-order valence-electron chi connectivity index (χ3n) is 4.09. The van der Waals surface area contributed by atoms with Crippen molar-refractivity contribution in [1.82, 2.24) is 20.5 Å². The summed E-state index contributed by atoms with van der Waals surface area (Å²) in [6, 6.07) is 0.492. The van der Waals surface area contributed by atoms with E-state index in [1.807, 2.05) is 6.20 Å². The van der Waals surface area contributed by atoms with Crippen LogP contribution in [-0.2, 0) is 13.0 Å². The molecule has 2 N–H and O–H groups in total. The van der Waals surface area contributed by atoms with Gasteiger partial charge in [-0.05, 0) is 33.1 Å². The molecular formula is C18H32IN5S. The zero-order valence-corrected chi connectivity index (χ0v) is 18.8. The van der Waals surface area contributed by atoms with Crippen LogP contribution in [0, 0.1) is 0 Å². The Labute approximate surface area is 173 Å². The Balaban J connectivity index is 0.00000312. The summed E-state index contributed by atoms with van der Waals surface area (Å²) >= 11 is 1.76. The van der Waals surface area contributed by atoms with Gasteiger partial charge < -0.3 is 10.6 Å². The van der Waals surface area contributed by atoms with Crippen LogP contribution in [0.25, 0.3) is 0 Å². The van der Waals surface area contributed by atoms with Crippen LogP contribution >= 0.6 is 35.3 Å². The van der Waals surface area contributed by atoms with E-state index in [0.717, 1.165) is 56.4 Å². The van der Waals surface area contributed by atoms with E-state index in [9.17, 15) is 0 Å². The maximum absolute atomic E-state index is 4.71. The van der Waals surface area contributed by atoms with Crippen molar-refractivity contribution in [2.24, 2.45) is 4.99 Å². The van der Waals surface area contributed by atoms with Crippen molar-refractivity contribution in [3.63, 3.8) is 0 Å². The second-order valence-electron chi connectivity index (χ2n) is 6.42. The van der Waals surface area contributed by atoms with Crippen LogP contribution in [0.3, 0.4) is 0 Å². The average Bonchev–Trinajstić information content (AvgIpc) is 3.02. The third-order valence-corrected chi connectivity index (χ3v) is 5.21. The molecule has 1 saturated heterocycles. The Morgan fingerprint density at radius 1 is 1.40 bits per heavy atom. The summed E-state index contributed by atoms with van der Waals surface area (Å²) in [5, 5.41) is 8.02. The fourth-order valence-electron chi connectivity index (χ4n) is 2.86. The van der Waals surface area contributed by atoms with E-state index in [4.69, 9.17) is 4.99 Å². The Bertz CT molecular complexity index is 549. The molecule has 25 heavy (non-hydrogen) atoms. The molecule has 2 rings (SSSR count). The van der Waals surface area contributed by atoms with E-state index in [2.05, 4.69) is 47.9 Å². The van der Waals surface area contributed by atoms with Gasteiger partial charge in [0, 0.05) is 43.3 Å². The maximum Gasteiger partial charge on any atom is 0.191 e. The van der Waals surface area contributed by atoms with E-state index in [-0.39, 0.29) is 24.0 Å². The number of nitrogens with zero attached hydrogens (tertiary/aromatic N) is 3. The Kier molecular flexibility index (Phi) is 10.6. The number of rotatable bonds is 7. The molecule has 1 aromatic heterocycles. The van der Waals surface area contributed by atoms with E-state index in [0.29, 0.717) is 12.6 Å². The molecule has 0 aliphatic carbocycles. The van der Waals surface area contributed by atoms with Gasteiger partial charge in [-0.2, -0.15) is 0 Å². The van der Waals surface area contributed by atoms with E-state index < -0.39 is 0 Å². The lowest BCUT2D eigenvalue weighted by Gasteiger charge is -2.33. The van der Waals surface area contributed by atoms with Gasteiger partial charge in [0.2, 0.25) is 0 Å². The van der Waals surface area contributed by atoms with Crippen molar-refractivity contribution in [3.05, 3.63) is 28.2 Å². The summed E-state index contributed by atoms with van der Waals surface area (Å²) in [5.41, 5.74) is 1.24. The standard InChI is InChI=1S/C18H31N5S.HI/c1-5-16-11-20-17(24-16)12-21-18(19-6-2)22-15-7-9-23(10-8-15)13-14(3)4;/h11,15H,3,5-10,12-13H2,1-2,4H3,(H2,19,21,22);1H. The van der Waals surface area contributed by atoms with E-state index in [1.165, 1.54) is 10.5 Å². The van der Waals surface area contributed by atoms with Gasteiger partial charge >= 0.3 is 0 Å². The fraction of sp³-hybridized carbons (Fsp3) is 0.667. The molecule has 0 spiro atoms. The second kappa shape index (κ2) is 11.9. The monoisotopic (exact) mass is 477 g/mol. The maximum atomic E-state index is 4.71. The molecule has 1 aliphatic rings. The normalized spacial score (nSPS) is 16.4. The number of aromatic nitrogens is 1. The first-order valence-electron chi connectivity index (χ1n) is 8.95. The van der Waals surface area contributed by atoms with Gasteiger partial charge in [0.15, 0.2) is 5.96 Å². The van der Waals surface area contributed by atoms with Gasteiger partial charge in [-0.15, -0.1) is 35.3 Å². The minimum Gasteiger partial charge on any atom is -0.357 e. The minimum absolute atomic E-state index is 0. The summed E-state index contributed by atoms with van der Waals surface area (Å²) in [6.07, 6.45) is 5.31. The highest BCUT2D eigenvalue weighted by molar-refractivity contribution is 14.0. The molecule has 0 aromatic carbocycles. The number of halogens is 1. The molecule has 0 radical (unpaired) electrons. The Morgan fingerprint density at radius 3 is 2.68 bits per heavy atom. The highest BCUT2D eigenvalue weighted by atomic mass is 127. The number of guanidine groups is 1. The SMILES string of the molecule is C=C(C)CN1CCC(NC(=NCc2ncc(CC)s2)NCC)CC1.I. The first-order valence-corrected chi connectivity index (χ1v) is 9.77. The average molecular weight is 477 g/mol. The summed E-state index contributed by atoms with van der Waals surface area (Å²) in [4.78, 5) is 13.0. The second-order valence-corrected chi connectivity index (χ2v) is 7.62. The number of thiazole rings is 1. The summed E-state index contributed by atoms with van der Waals surface area (Å²) < 4.78 is 0. The van der Waals surface area contributed by atoms with Crippen molar-refractivity contribution in [2.45, 2.75) is 52.6 Å². The van der Waals surface area contributed by atoms with Crippen LogP contribution in [-0.4, -0.2) is 48.1 Å². The fourth-order valence-corrected chi connectivity index (χ4v) is 3.65. The smallest absolute Gasteiger partial charge is 0.191 e. The molecule has 7 heteroatoms. The molecule has 0 unspecified atom stereocenters.